The lowest BCUT2D eigenvalue weighted by Crippen LogP contribution is -2.50. The Morgan fingerprint density at radius 3 is 2.36 bits per heavy atom. The van der Waals surface area contributed by atoms with Gasteiger partial charge in [-0.2, -0.15) is 0 Å². The van der Waals surface area contributed by atoms with Crippen molar-refractivity contribution >= 4 is 0 Å². The Labute approximate surface area is 137 Å². The second kappa shape index (κ2) is 9.21. The molecule has 0 saturated carbocycles. The van der Waals surface area contributed by atoms with Crippen LogP contribution in [0, 0.1) is 0 Å². The van der Waals surface area contributed by atoms with Gasteiger partial charge in [-0.05, 0) is 59.2 Å². The lowest BCUT2D eigenvalue weighted by atomic mass is 9.96. The summed E-state index contributed by atoms with van der Waals surface area (Å²) < 4.78 is 0. The van der Waals surface area contributed by atoms with E-state index in [0.29, 0.717) is 12.1 Å². The van der Waals surface area contributed by atoms with Gasteiger partial charge in [-0.1, -0.05) is 13.3 Å². The molecule has 4 heteroatoms. The molecule has 1 N–H and O–H groups in total. The first-order chi connectivity index (χ1) is 10.6. The standard InChI is InChI=1S/C18H37N3O/c1-4-18(22)17-8-5-6-10-21(17)11-7-9-19-12-14-20(15-13-19)16(2)3/h16-18,22H,4-15H2,1-3H3/t17-,18-/m0/s1. The Morgan fingerprint density at radius 2 is 1.73 bits per heavy atom. The van der Waals surface area contributed by atoms with Crippen LogP contribution in [-0.2, 0) is 0 Å². The number of piperazine rings is 1. The van der Waals surface area contributed by atoms with Gasteiger partial charge in [-0.25, -0.2) is 0 Å². The minimum atomic E-state index is -0.130. The van der Waals surface area contributed by atoms with E-state index in [9.17, 15) is 5.11 Å². The van der Waals surface area contributed by atoms with E-state index in [0.717, 1.165) is 13.0 Å². The number of hydrogen-bond acceptors (Lipinski definition) is 4. The summed E-state index contributed by atoms with van der Waals surface area (Å²) in [5.74, 6) is 0. The van der Waals surface area contributed by atoms with Crippen LogP contribution in [0.15, 0.2) is 0 Å². The first-order valence-electron chi connectivity index (χ1n) is 9.50. The van der Waals surface area contributed by atoms with Crippen LogP contribution < -0.4 is 0 Å². The molecule has 0 radical (unpaired) electrons. The number of aliphatic hydroxyl groups excluding tert-OH is 1. The first kappa shape index (κ1) is 18.2. The van der Waals surface area contributed by atoms with E-state index in [1.807, 2.05) is 0 Å². The quantitative estimate of drug-likeness (QED) is 0.779. The molecular weight excluding hydrogens is 274 g/mol. The molecule has 0 bridgehead atoms. The molecule has 0 unspecified atom stereocenters. The molecule has 0 aromatic rings. The zero-order valence-corrected chi connectivity index (χ0v) is 15.0. The molecule has 2 aliphatic rings. The first-order valence-corrected chi connectivity index (χ1v) is 9.50. The number of hydrogen-bond donors (Lipinski definition) is 1. The highest BCUT2D eigenvalue weighted by atomic mass is 16.3. The Hall–Kier alpha value is -0.160. The number of nitrogens with zero attached hydrogens (tertiary/aromatic N) is 3. The van der Waals surface area contributed by atoms with Gasteiger partial charge in [0.05, 0.1) is 6.10 Å². The lowest BCUT2D eigenvalue weighted by Gasteiger charge is -2.39. The smallest absolute Gasteiger partial charge is 0.0692 e. The van der Waals surface area contributed by atoms with E-state index in [1.165, 1.54) is 65.0 Å². The third-order valence-corrected chi connectivity index (χ3v) is 5.58. The third kappa shape index (κ3) is 5.19. The van der Waals surface area contributed by atoms with Crippen LogP contribution >= 0.6 is 0 Å². The Kier molecular flexibility index (Phi) is 7.61. The van der Waals surface area contributed by atoms with Gasteiger partial charge in [0.25, 0.3) is 0 Å². The maximum Gasteiger partial charge on any atom is 0.0692 e. The third-order valence-electron chi connectivity index (χ3n) is 5.58. The van der Waals surface area contributed by atoms with Crippen LogP contribution in [0.1, 0.15) is 52.9 Å². The molecule has 0 aromatic heterocycles. The van der Waals surface area contributed by atoms with E-state index in [1.54, 1.807) is 0 Å². The Balaban J connectivity index is 1.67. The van der Waals surface area contributed by atoms with Crippen molar-refractivity contribution < 1.29 is 5.11 Å². The number of likely N-dealkylation sites (tertiary alicyclic amines) is 1. The molecule has 2 rings (SSSR count). The zero-order valence-electron chi connectivity index (χ0n) is 15.0. The summed E-state index contributed by atoms with van der Waals surface area (Å²) in [5.41, 5.74) is 0. The van der Waals surface area contributed by atoms with Crippen LogP contribution in [-0.4, -0.2) is 83.8 Å². The van der Waals surface area contributed by atoms with Crippen LogP contribution in [0.2, 0.25) is 0 Å². The molecule has 0 amide bonds. The fourth-order valence-corrected chi connectivity index (χ4v) is 4.00. The van der Waals surface area contributed by atoms with Gasteiger partial charge in [0.1, 0.15) is 0 Å². The predicted octanol–water partition coefficient (Wildman–Crippen LogP) is 2.03. The van der Waals surface area contributed by atoms with Crippen molar-refractivity contribution in [2.75, 3.05) is 45.8 Å². The average Bonchev–Trinajstić information content (AvgIpc) is 2.55. The van der Waals surface area contributed by atoms with Crippen molar-refractivity contribution in [2.24, 2.45) is 0 Å². The van der Waals surface area contributed by atoms with Crippen molar-refractivity contribution in [1.29, 1.82) is 0 Å². The average molecular weight is 312 g/mol. The minimum absolute atomic E-state index is 0.130. The van der Waals surface area contributed by atoms with Crippen molar-refractivity contribution in [3.63, 3.8) is 0 Å². The molecule has 2 atom stereocenters. The molecule has 0 aliphatic carbocycles. The topological polar surface area (TPSA) is 30.0 Å². The molecular formula is C18H37N3O. The molecule has 4 nitrogen and oxygen atoms in total. The second-order valence-corrected chi connectivity index (χ2v) is 7.40. The molecule has 130 valence electrons. The molecule has 0 aromatic carbocycles. The number of rotatable bonds is 7. The van der Waals surface area contributed by atoms with Gasteiger partial charge in [-0.3, -0.25) is 9.80 Å². The predicted molar refractivity (Wildman–Crippen MR) is 93.3 cm³/mol. The van der Waals surface area contributed by atoms with Crippen LogP contribution in [0.5, 0.6) is 0 Å². The SMILES string of the molecule is CC[C@H](O)[C@@H]1CCCCN1CCCN1CCN(C(C)C)CC1. The van der Waals surface area contributed by atoms with Crippen LogP contribution in [0.3, 0.4) is 0 Å². The van der Waals surface area contributed by atoms with E-state index in [4.69, 9.17) is 0 Å². The van der Waals surface area contributed by atoms with Crippen molar-refractivity contribution in [1.82, 2.24) is 14.7 Å². The van der Waals surface area contributed by atoms with E-state index >= 15 is 0 Å². The van der Waals surface area contributed by atoms with Gasteiger partial charge in [-0.15, -0.1) is 0 Å². The largest absolute Gasteiger partial charge is 0.392 e. The summed E-state index contributed by atoms with van der Waals surface area (Å²) in [5, 5.41) is 10.2. The van der Waals surface area contributed by atoms with Crippen LogP contribution in [0.4, 0.5) is 0 Å². The maximum atomic E-state index is 10.2. The molecule has 2 heterocycles. The molecule has 2 fully saturated rings. The Morgan fingerprint density at radius 1 is 1.00 bits per heavy atom. The molecule has 2 saturated heterocycles. The normalized spacial score (nSPS) is 27.4. The van der Waals surface area contributed by atoms with Gasteiger partial charge in [0.15, 0.2) is 0 Å². The highest BCUT2D eigenvalue weighted by molar-refractivity contribution is 4.83. The van der Waals surface area contributed by atoms with Crippen molar-refractivity contribution in [2.45, 2.75) is 71.1 Å². The monoisotopic (exact) mass is 311 g/mol. The summed E-state index contributed by atoms with van der Waals surface area (Å²) in [7, 11) is 0. The Bertz CT molecular complexity index is 303. The van der Waals surface area contributed by atoms with Gasteiger partial charge < -0.3 is 10.0 Å². The van der Waals surface area contributed by atoms with Gasteiger partial charge in [0.2, 0.25) is 0 Å². The minimum Gasteiger partial charge on any atom is -0.392 e. The maximum absolute atomic E-state index is 10.2. The highest BCUT2D eigenvalue weighted by Gasteiger charge is 2.27. The summed E-state index contributed by atoms with van der Waals surface area (Å²) in [6, 6.07) is 1.10. The van der Waals surface area contributed by atoms with E-state index < -0.39 is 0 Å². The van der Waals surface area contributed by atoms with Gasteiger partial charge >= 0.3 is 0 Å². The van der Waals surface area contributed by atoms with E-state index in [2.05, 4.69) is 35.5 Å². The highest BCUT2D eigenvalue weighted by Crippen LogP contribution is 2.21. The van der Waals surface area contributed by atoms with Crippen molar-refractivity contribution in [3.8, 4) is 0 Å². The second-order valence-electron chi connectivity index (χ2n) is 7.40. The van der Waals surface area contributed by atoms with E-state index in [-0.39, 0.29) is 6.10 Å². The summed E-state index contributed by atoms with van der Waals surface area (Å²) in [6.45, 7) is 15.1. The summed E-state index contributed by atoms with van der Waals surface area (Å²) in [6.07, 6.45) is 5.78. The molecule has 2 aliphatic heterocycles. The number of piperidine rings is 1. The summed E-state index contributed by atoms with van der Waals surface area (Å²) in [4.78, 5) is 7.75. The summed E-state index contributed by atoms with van der Waals surface area (Å²) >= 11 is 0. The fourth-order valence-electron chi connectivity index (χ4n) is 4.00. The molecule has 0 spiro atoms. The fraction of sp³-hybridized carbons (Fsp3) is 1.00. The molecule has 22 heavy (non-hydrogen) atoms. The lowest BCUT2D eigenvalue weighted by molar-refractivity contribution is 0.0208. The zero-order chi connectivity index (χ0) is 15.9. The van der Waals surface area contributed by atoms with Crippen LogP contribution in [0.25, 0.3) is 0 Å². The van der Waals surface area contributed by atoms with Gasteiger partial charge in [0, 0.05) is 38.3 Å². The number of aliphatic hydroxyl groups is 1. The van der Waals surface area contributed by atoms with Crippen molar-refractivity contribution in [3.05, 3.63) is 0 Å².